The molecular formula is C57H94O27. The van der Waals surface area contributed by atoms with E-state index in [9.17, 15) is 76.6 Å². The van der Waals surface area contributed by atoms with E-state index in [1.54, 1.807) is 6.92 Å². The van der Waals surface area contributed by atoms with Crippen molar-refractivity contribution >= 4 is 0 Å². The molecule has 0 aromatic rings. The van der Waals surface area contributed by atoms with Gasteiger partial charge in [-0.2, -0.15) is 0 Å². The maximum absolute atomic E-state index is 12.2. The minimum absolute atomic E-state index is 0.0554. The Morgan fingerprint density at radius 1 is 0.464 bits per heavy atom. The van der Waals surface area contributed by atoms with Crippen molar-refractivity contribution in [3.05, 3.63) is 0 Å². The first kappa shape index (κ1) is 64.4. The van der Waals surface area contributed by atoms with Crippen LogP contribution in [0.15, 0.2) is 0 Å². The molecule has 11 aliphatic rings. The van der Waals surface area contributed by atoms with Crippen LogP contribution in [0.5, 0.6) is 0 Å². The number of hydrogen-bond donors (Lipinski definition) is 15. The zero-order chi connectivity index (χ0) is 60.2. The SMILES string of the molecule is CC[C@H]1O[C@@H](O[C@@H]2CO[C@@H](O[C@H]3[C@H](O)[C@@H](CO)O[C@@H](O[C@@H]4[C@H](O)[C@@H](O)[C@H](O[C@H]5CC[C@]6(C)C7CC[C@@]8(C)C(C[C@@H]9O[C@]%10(CCC(C)CO%10)[C@@H](C)[C@@H]98)C7C[C@@H](O)C6C5)O[C@@H]4CO)[C@@H]3O[C@@H]3O[C@H](CO)[C@@H](O)[C@H](O)[C@H]3O)[C@H](O)[C@H]2O)[C@H](O)[C@@H](O)[C@@H]1O. The van der Waals surface area contributed by atoms with Gasteiger partial charge in [0.1, 0.15) is 110 Å². The van der Waals surface area contributed by atoms with Crippen LogP contribution in [0.4, 0.5) is 0 Å². The van der Waals surface area contributed by atoms with Crippen molar-refractivity contribution in [3.8, 4) is 0 Å². The van der Waals surface area contributed by atoms with Gasteiger partial charge in [0, 0.05) is 12.3 Å². The summed E-state index contributed by atoms with van der Waals surface area (Å²) in [6, 6.07) is 0. The van der Waals surface area contributed by atoms with E-state index < -0.39 is 192 Å². The molecule has 11 fully saturated rings. The van der Waals surface area contributed by atoms with Crippen molar-refractivity contribution in [1.82, 2.24) is 0 Å². The van der Waals surface area contributed by atoms with Gasteiger partial charge in [-0.15, -0.1) is 0 Å². The molecule has 27 nitrogen and oxygen atoms in total. The Kier molecular flexibility index (Phi) is 19.3. The lowest BCUT2D eigenvalue weighted by atomic mass is 9.43. The molecule has 484 valence electrons. The van der Waals surface area contributed by atoms with Crippen LogP contribution in [0, 0.1) is 52.3 Å². The summed E-state index contributed by atoms with van der Waals surface area (Å²) in [5.41, 5.74) is -0.159. The molecule has 7 aliphatic heterocycles. The quantitative estimate of drug-likeness (QED) is 0.0736. The van der Waals surface area contributed by atoms with Crippen LogP contribution in [0.2, 0.25) is 0 Å². The third-order valence-electron chi connectivity index (χ3n) is 22.4. The van der Waals surface area contributed by atoms with Crippen molar-refractivity contribution in [2.45, 2.75) is 270 Å². The van der Waals surface area contributed by atoms with E-state index in [1.807, 2.05) is 0 Å². The van der Waals surface area contributed by atoms with Gasteiger partial charge in [-0.25, -0.2) is 0 Å². The van der Waals surface area contributed by atoms with Gasteiger partial charge in [0.15, 0.2) is 37.2 Å². The van der Waals surface area contributed by atoms with Crippen molar-refractivity contribution in [3.63, 3.8) is 0 Å². The fourth-order valence-corrected chi connectivity index (χ4v) is 17.6. The molecule has 11 rings (SSSR count). The predicted octanol–water partition coefficient (Wildman–Crippen LogP) is -4.06. The van der Waals surface area contributed by atoms with E-state index in [-0.39, 0.29) is 35.2 Å². The fourth-order valence-electron chi connectivity index (χ4n) is 17.6. The molecule has 5 unspecified atom stereocenters. The second kappa shape index (κ2) is 25.2. The molecule has 15 N–H and O–H groups in total. The minimum Gasteiger partial charge on any atom is -0.394 e. The molecule has 0 radical (unpaired) electrons. The summed E-state index contributed by atoms with van der Waals surface area (Å²) in [6.07, 6.45) is -35.6. The van der Waals surface area contributed by atoms with Crippen LogP contribution in [-0.2, 0) is 56.8 Å². The van der Waals surface area contributed by atoms with E-state index in [0.717, 1.165) is 38.5 Å². The highest BCUT2D eigenvalue weighted by Gasteiger charge is 2.70. The summed E-state index contributed by atoms with van der Waals surface area (Å²) in [6.45, 7) is 8.41. The Balaban J connectivity index is 0.769. The standard InChI is InChI=1S/C57H94O27/c1-6-29-36(62)40(66)44(70)52(76-29)80-34-20-73-50(43(69)38(34)64)82-48-39(65)32(17-59)78-54(49(48)83-53-45(71)41(67)37(63)31(16-58)77-53)81-47-33(18-60)79-51(46(72)42(47)68)75-23-8-10-55(4)25-9-11-56(5)26(24(25)14-28(61)27(55)13-23)15-30-35(56)22(3)57(84-30)12-7-21(2)19-74-57/h21-54,58-72H,6-20H2,1-5H3/t21?,22-,23-,24?,25?,26?,27?,28+,29+,30-,31+,32+,33+,34+,35-,36+,37+,38-,39+,40-,41-,42+,43+,44+,45+,46+,47-,48-,49+,50-,51+,52-,53-,54-,55+,56-,57+/m0/s1. The van der Waals surface area contributed by atoms with Crippen LogP contribution in [0.1, 0.15) is 98.8 Å². The highest BCUT2D eigenvalue weighted by molar-refractivity contribution is 5.17. The maximum Gasteiger partial charge on any atom is 0.187 e. The first-order valence-electron chi connectivity index (χ1n) is 30.7. The van der Waals surface area contributed by atoms with Crippen LogP contribution >= 0.6 is 0 Å². The third kappa shape index (κ3) is 11.2. The van der Waals surface area contributed by atoms with Crippen molar-refractivity contribution in [2.24, 2.45) is 52.3 Å². The summed E-state index contributed by atoms with van der Waals surface area (Å²) in [7, 11) is 0. The normalized spacial score (nSPS) is 57.7. The Morgan fingerprint density at radius 3 is 1.70 bits per heavy atom. The summed E-state index contributed by atoms with van der Waals surface area (Å²) in [4.78, 5) is 0. The Hall–Kier alpha value is -1.08. The van der Waals surface area contributed by atoms with E-state index in [1.165, 1.54) is 0 Å². The van der Waals surface area contributed by atoms with E-state index in [4.69, 9.17) is 56.8 Å². The molecule has 0 aromatic heterocycles. The first-order chi connectivity index (χ1) is 39.9. The molecule has 84 heavy (non-hydrogen) atoms. The Labute approximate surface area is 487 Å². The number of fused-ring (bicyclic) bond motifs is 7. The first-order valence-corrected chi connectivity index (χ1v) is 30.7. The molecule has 7 saturated heterocycles. The van der Waals surface area contributed by atoms with Crippen molar-refractivity contribution in [2.75, 3.05) is 33.0 Å². The van der Waals surface area contributed by atoms with E-state index >= 15 is 0 Å². The molecule has 0 amide bonds. The molecule has 27 heteroatoms. The topological polar surface area (TPSA) is 414 Å². The van der Waals surface area contributed by atoms with Gasteiger partial charge < -0.3 is 133 Å². The molecule has 37 atom stereocenters. The highest BCUT2D eigenvalue weighted by Crippen LogP contribution is 2.71. The molecule has 1 spiro atoms. The largest absolute Gasteiger partial charge is 0.394 e. The Bertz CT molecular complexity index is 2180. The summed E-state index contributed by atoms with van der Waals surface area (Å²) >= 11 is 0. The maximum atomic E-state index is 12.2. The Morgan fingerprint density at radius 2 is 1.04 bits per heavy atom. The summed E-state index contributed by atoms with van der Waals surface area (Å²) in [5, 5.41) is 166. The summed E-state index contributed by atoms with van der Waals surface area (Å²) in [5.74, 6) is 1.56. The lowest BCUT2D eigenvalue weighted by molar-refractivity contribution is -0.406. The van der Waals surface area contributed by atoms with Gasteiger partial charge in [0.2, 0.25) is 0 Å². The van der Waals surface area contributed by atoms with Crippen LogP contribution in [-0.4, -0.2) is 281 Å². The van der Waals surface area contributed by atoms with Crippen LogP contribution in [0.25, 0.3) is 0 Å². The predicted molar refractivity (Wildman–Crippen MR) is 279 cm³/mol. The average Bonchev–Trinajstić information content (AvgIpc) is 2.57. The smallest absolute Gasteiger partial charge is 0.187 e. The van der Waals surface area contributed by atoms with Crippen LogP contribution < -0.4 is 0 Å². The van der Waals surface area contributed by atoms with Crippen molar-refractivity contribution < 1.29 is 133 Å². The second-order valence-corrected chi connectivity index (χ2v) is 27.0. The van der Waals surface area contributed by atoms with E-state index in [0.29, 0.717) is 55.5 Å². The minimum atomic E-state index is -2.07. The monoisotopic (exact) mass is 1210 g/mol. The second-order valence-electron chi connectivity index (χ2n) is 27.0. The number of ether oxygens (including phenoxy) is 12. The van der Waals surface area contributed by atoms with Gasteiger partial charge >= 0.3 is 0 Å². The molecule has 0 bridgehead atoms. The van der Waals surface area contributed by atoms with Gasteiger partial charge in [-0.3, -0.25) is 0 Å². The van der Waals surface area contributed by atoms with Crippen molar-refractivity contribution in [1.29, 1.82) is 0 Å². The lowest BCUT2D eigenvalue weighted by Crippen LogP contribution is -2.68. The third-order valence-corrected chi connectivity index (χ3v) is 22.4. The molecule has 4 saturated carbocycles. The number of rotatable bonds is 14. The van der Waals surface area contributed by atoms with Gasteiger partial charge in [0.25, 0.3) is 0 Å². The number of aliphatic hydroxyl groups is 15. The van der Waals surface area contributed by atoms with Gasteiger partial charge in [-0.05, 0) is 104 Å². The molecule has 0 aromatic carbocycles. The van der Waals surface area contributed by atoms with Crippen LogP contribution in [0.3, 0.4) is 0 Å². The number of aliphatic hydroxyl groups excluding tert-OH is 15. The zero-order valence-corrected chi connectivity index (χ0v) is 48.3. The van der Waals surface area contributed by atoms with Gasteiger partial charge in [0.05, 0.1) is 57.5 Å². The van der Waals surface area contributed by atoms with Gasteiger partial charge in [-0.1, -0.05) is 34.6 Å². The fraction of sp³-hybridized carbons (Fsp3) is 1.00. The summed E-state index contributed by atoms with van der Waals surface area (Å²) < 4.78 is 73.5. The molecule has 7 heterocycles. The lowest BCUT2D eigenvalue weighted by Gasteiger charge is -2.62. The molecular weight excluding hydrogens is 1120 g/mol. The zero-order valence-electron chi connectivity index (χ0n) is 48.3. The highest BCUT2D eigenvalue weighted by atomic mass is 16.8. The molecule has 4 aliphatic carbocycles. The number of hydrogen-bond acceptors (Lipinski definition) is 27. The van der Waals surface area contributed by atoms with E-state index in [2.05, 4.69) is 27.7 Å². The average molecular weight is 1210 g/mol.